The summed E-state index contributed by atoms with van der Waals surface area (Å²) in [6.07, 6.45) is 1.67. The molecule has 0 radical (unpaired) electrons. The molecule has 0 atom stereocenters. The minimum absolute atomic E-state index is 0.295. The van der Waals surface area contributed by atoms with Crippen molar-refractivity contribution < 1.29 is 9.18 Å². The molecule has 0 aliphatic heterocycles. The van der Waals surface area contributed by atoms with E-state index in [4.69, 9.17) is 0 Å². The zero-order valence-electron chi connectivity index (χ0n) is 10.8. The Bertz CT molecular complexity index is 795. The number of carbonyl (C=O) groups is 1. The van der Waals surface area contributed by atoms with Gasteiger partial charge in [-0.1, -0.05) is 12.1 Å². The maximum atomic E-state index is 13.1. The number of nitrogens with zero attached hydrogens (tertiary/aromatic N) is 2. The second-order valence-electron chi connectivity index (χ2n) is 4.49. The molecule has 0 saturated carbocycles. The van der Waals surface area contributed by atoms with E-state index in [0.29, 0.717) is 17.0 Å². The molecule has 0 bridgehead atoms. The molecule has 1 aromatic carbocycles. The SMILES string of the molecule is Cc1cccc2nc(C(=O)Nc3cccc(F)c3)cn12. The number of hydrogen-bond donors (Lipinski definition) is 1. The van der Waals surface area contributed by atoms with Gasteiger partial charge in [0.05, 0.1) is 0 Å². The lowest BCUT2D eigenvalue weighted by Gasteiger charge is -2.02. The number of aromatic nitrogens is 2. The molecule has 100 valence electrons. The summed E-state index contributed by atoms with van der Waals surface area (Å²) >= 11 is 0. The van der Waals surface area contributed by atoms with Crippen LogP contribution in [0.15, 0.2) is 48.7 Å². The molecule has 0 aliphatic carbocycles. The molecule has 0 unspecified atom stereocenters. The molecule has 1 amide bonds. The average Bonchev–Trinajstić information content (AvgIpc) is 2.84. The molecule has 0 saturated heterocycles. The van der Waals surface area contributed by atoms with Crippen molar-refractivity contribution in [2.45, 2.75) is 6.92 Å². The predicted molar refractivity (Wildman–Crippen MR) is 74.3 cm³/mol. The first-order valence-electron chi connectivity index (χ1n) is 6.15. The van der Waals surface area contributed by atoms with E-state index in [2.05, 4.69) is 10.3 Å². The lowest BCUT2D eigenvalue weighted by atomic mass is 10.3. The normalized spacial score (nSPS) is 10.7. The first-order chi connectivity index (χ1) is 9.63. The number of aryl methyl sites for hydroxylation is 1. The van der Waals surface area contributed by atoms with Crippen LogP contribution in [0, 0.1) is 12.7 Å². The fourth-order valence-corrected chi connectivity index (χ4v) is 2.02. The number of carbonyl (C=O) groups excluding carboxylic acids is 1. The molecule has 0 spiro atoms. The molecule has 4 nitrogen and oxygen atoms in total. The molecular weight excluding hydrogens is 257 g/mol. The maximum absolute atomic E-state index is 13.1. The summed E-state index contributed by atoms with van der Waals surface area (Å²) in [5.74, 6) is -0.757. The van der Waals surface area contributed by atoms with Gasteiger partial charge in [0, 0.05) is 17.6 Å². The zero-order valence-corrected chi connectivity index (χ0v) is 10.8. The Morgan fingerprint density at radius 2 is 2.05 bits per heavy atom. The maximum Gasteiger partial charge on any atom is 0.275 e. The van der Waals surface area contributed by atoms with Crippen LogP contribution in [0.2, 0.25) is 0 Å². The highest BCUT2D eigenvalue weighted by Crippen LogP contribution is 2.13. The fraction of sp³-hybridized carbons (Fsp3) is 0.0667. The predicted octanol–water partition coefficient (Wildman–Crippen LogP) is 3.03. The van der Waals surface area contributed by atoms with Crippen LogP contribution in [0.3, 0.4) is 0 Å². The van der Waals surface area contributed by atoms with Crippen molar-refractivity contribution in [1.29, 1.82) is 0 Å². The summed E-state index contributed by atoms with van der Waals surface area (Å²) < 4.78 is 14.9. The van der Waals surface area contributed by atoms with Gasteiger partial charge in [0.15, 0.2) is 0 Å². The molecular formula is C15H12FN3O. The number of fused-ring (bicyclic) bond motifs is 1. The molecule has 0 aliphatic rings. The summed E-state index contributed by atoms with van der Waals surface area (Å²) in [5.41, 5.74) is 2.39. The Morgan fingerprint density at radius 1 is 1.25 bits per heavy atom. The molecule has 5 heteroatoms. The summed E-state index contributed by atoms with van der Waals surface area (Å²) in [7, 11) is 0. The van der Waals surface area contributed by atoms with Crippen molar-refractivity contribution in [1.82, 2.24) is 9.38 Å². The van der Waals surface area contributed by atoms with Crippen molar-refractivity contribution in [3.05, 3.63) is 65.9 Å². The minimum Gasteiger partial charge on any atom is -0.321 e. The van der Waals surface area contributed by atoms with Gasteiger partial charge in [-0.25, -0.2) is 9.37 Å². The van der Waals surface area contributed by atoms with Crippen LogP contribution in [0.1, 0.15) is 16.2 Å². The van der Waals surface area contributed by atoms with Gasteiger partial charge in [0.2, 0.25) is 0 Å². The lowest BCUT2D eigenvalue weighted by molar-refractivity contribution is 0.102. The van der Waals surface area contributed by atoms with Crippen LogP contribution in [-0.4, -0.2) is 15.3 Å². The highest BCUT2D eigenvalue weighted by atomic mass is 19.1. The van der Waals surface area contributed by atoms with Gasteiger partial charge in [-0.2, -0.15) is 0 Å². The van der Waals surface area contributed by atoms with Crippen molar-refractivity contribution in [2.24, 2.45) is 0 Å². The lowest BCUT2D eigenvalue weighted by Crippen LogP contribution is -2.12. The van der Waals surface area contributed by atoms with Gasteiger partial charge in [0.25, 0.3) is 5.91 Å². The summed E-state index contributed by atoms with van der Waals surface area (Å²) in [4.78, 5) is 16.3. The number of rotatable bonds is 2. The topological polar surface area (TPSA) is 46.4 Å². The minimum atomic E-state index is -0.395. The standard InChI is InChI=1S/C15H12FN3O/c1-10-4-2-7-14-18-13(9-19(10)14)15(20)17-12-6-3-5-11(16)8-12/h2-9H,1H3,(H,17,20). The van der Waals surface area contributed by atoms with Gasteiger partial charge >= 0.3 is 0 Å². The number of benzene rings is 1. The zero-order chi connectivity index (χ0) is 14.1. The number of halogens is 1. The van der Waals surface area contributed by atoms with Crippen molar-refractivity contribution in [3.8, 4) is 0 Å². The number of imidazole rings is 1. The van der Waals surface area contributed by atoms with Crippen molar-refractivity contribution in [2.75, 3.05) is 5.32 Å². The van der Waals surface area contributed by atoms with Crippen LogP contribution in [-0.2, 0) is 0 Å². The summed E-state index contributed by atoms with van der Waals surface area (Å²) in [5, 5.41) is 2.62. The Balaban J connectivity index is 1.91. The second kappa shape index (κ2) is 4.77. The average molecular weight is 269 g/mol. The molecule has 3 aromatic rings. The quantitative estimate of drug-likeness (QED) is 0.777. The van der Waals surface area contributed by atoms with E-state index >= 15 is 0 Å². The van der Waals surface area contributed by atoms with Gasteiger partial charge < -0.3 is 9.72 Å². The van der Waals surface area contributed by atoms with Gasteiger partial charge in [0.1, 0.15) is 17.2 Å². The van der Waals surface area contributed by atoms with Crippen LogP contribution in [0.25, 0.3) is 5.65 Å². The van der Waals surface area contributed by atoms with E-state index in [-0.39, 0.29) is 5.91 Å². The molecule has 1 N–H and O–H groups in total. The van der Waals surface area contributed by atoms with E-state index in [1.54, 1.807) is 18.3 Å². The fourth-order valence-electron chi connectivity index (χ4n) is 2.02. The molecule has 0 fully saturated rings. The first-order valence-corrected chi connectivity index (χ1v) is 6.15. The summed E-state index contributed by atoms with van der Waals surface area (Å²) in [6.45, 7) is 1.93. The van der Waals surface area contributed by atoms with Crippen LogP contribution >= 0.6 is 0 Å². The third-order valence-corrected chi connectivity index (χ3v) is 3.01. The summed E-state index contributed by atoms with van der Waals surface area (Å²) in [6, 6.07) is 11.4. The van der Waals surface area contributed by atoms with Crippen LogP contribution in [0.4, 0.5) is 10.1 Å². The van der Waals surface area contributed by atoms with Gasteiger partial charge in [-0.15, -0.1) is 0 Å². The number of anilines is 1. The van der Waals surface area contributed by atoms with E-state index in [1.165, 1.54) is 12.1 Å². The molecule has 2 heterocycles. The third kappa shape index (κ3) is 2.25. The molecule has 3 rings (SSSR count). The van der Waals surface area contributed by atoms with Crippen molar-refractivity contribution >= 4 is 17.2 Å². The van der Waals surface area contributed by atoms with E-state index < -0.39 is 5.82 Å². The Hall–Kier alpha value is -2.69. The van der Waals surface area contributed by atoms with Crippen molar-refractivity contribution in [3.63, 3.8) is 0 Å². The highest BCUT2D eigenvalue weighted by Gasteiger charge is 2.11. The highest BCUT2D eigenvalue weighted by molar-refractivity contribution is 6.03. The Morgan fingerprint density at radius 3 is 2.80 bits per heavy atom. The smallest absolute Gasteiger partial charge is 0.275 e. The first kappa shape index (κ1) is 12.3. The second-order valence-corrected chi connectivity index (χ2v) is 4.49. The number of hydrogen-bond acceptors (Lipinski definition) is 2. The Kier molecular flexibility index (Phi) is 2.95. The Labute approximate surface area is 114 Å². The number of nitrogens with one attached hydrogen (secondary N) is 1. The number of pyridine rings is 1. The van der Waals surface area contributed by atoms with Gasteiger partial charge in [-0.05, 0) is 37.3 Å². The van der Waals surface area contributed by atoms with E-state index in [9.17, 15) is 9.18 Å². The third-order valence-electron chi connectivity index (χ3n) is 3.01. The van der Waals surface area contributed by atoms with E-state index in [0.717, 1.165) is 5.69 Å². The van der Waals surface area contributed by atoms with Crippen LogP contribution in [0.5, 0.6) is 0 Å². The van der Waals surface area contributed by atoms with E-state index in [1.807, 2.05) is 29.5 Å². The van der Waals surface area contributed by atoms with Crippen LogP contribution < -0.4 is 5.32 Å². The molecule has 2 aromatic heterocycles. The van der Waals surface area contributed by atoms with Gasteiger partial charge in [-0.3, -0.25) is 4.79 Å². The number of amides is 1. The molecule has 20 heavy (non-hydrogen) atoms. The monoisotopic (exact) mass is 269 g/mol. The largest absolute Gasteiger partial charge is 0.321 e.